The van der Waals surface area contributed by atoms with Crippen molar-refractivity contribution < 1.29 is 18.0 Å². The van der Waals surface area contributed by atoms with E-state index in [2.05, 4.69) is 20.4 Å². The fraction of sp³-hybridized carbons (Fsp3) is 0.267. The number of rotatable bonds is 4. The molecule has 0 aromatic carbocycles. The Kier molecular flexibility index (Phi) is 4.68. The van der Waals surface area contributed by atoms with Crippen LogP contribution in [-0.4, -0.2) is 22.0 Å². The Bertz CT molecular complexity index is 749. The van der Waals surface area contributed by atoms with Crippen molar-refractivity contribution in [1.29, 1.82) is 0 Å². The third-order valence-corrected chi connectivity index (χ3v) is 3.66. The van der Waals surface area contributed by atoms with Crippen LogP contribution >= 0.6 is 11.6 Å². The second-order valence-corrected chi connectivity index (χ2v) is 5.51. The summed E-state index contributed by atoms with van der Waals surface area (Å²) in [6, 6.07) is 4.88. The second-order valence-electron chi connectivity index (χ2n) is 5.10. The number of hydrogen-bond donors (Lipinski definition) is 1. The van der Waals surface area contributed by atoms with Crippen LogP contribution in [0.5, 0.6) is 0 Å². The number of amidine groups is 1. The summed E-state index contributed by atoms with van der Waals surface area (Å²) < 4.78 is 36.6. The molecule has 1 aliphatic heterocycles. The normalized spacial score (nSPS) is 17.5. The molecule has 126 valence electrons. The Morgan fingerprint density at radius 1 is 1.21 bits per heavy atom. The molecule has 0 radical (unpaired) electrons. The van der Waals surface area contributed by atoms with Crippen LogP contribution in [0.15, 0.2) is 41.8 Å². The van der Waals surface area contributed by atoms with Crippen LogP contribution in [0.2, 0.25) is 5.02 Å². The first kappa shape index (κ1) is 16.7. The van der Waals surface area contributed by atoms with Crippen molar-refractivity contribution in [2.75, 3.05) is 0 Å². The van der Waals surface area contributed by atoms with Crippen molar-refractivity contribution in [3.05, 3.63) is 58.6 Å². The predicted octanol–water partition coefficient (Wildman–Crippen LogP) is 3.61. The second kappa shape index (κ2) is 6.74. The molecule has 1 atom stereocenters. The Balaban J connectivity index is 1.71. The van der Waals surface area contributed by atoms with Crippen molar-refractivity contribution in [1.82, 2.24) is 15.4 Å². The average Bonchev–Trinajstić information content (AvgIpc) is 3.03. The number of aliphatic imine (C=N–C) groups is 1. The highest BCUT2D eigenvalue weighted by Crippen LogP contribution is 2.28. The molecule has 1 unspecified atom stereocenters. The van der Waals surface area contributed by atoms with Crippen molar-refractivity contribution in [2.45, 2.75) is 25.2 Å². The van der Waals surface area contributed by atoms with Crippen LogP contribution in [0.3, 0.4) is 0 Å². The summed E-state index contributed by atoms with van der Waals surface area (Å²) >= 11 is 6.05. The Hall–Kier alpha value is -2.19. The van der Waals surface area contributed by atoms with Gasteiger partial charge in [-0.3, -0.25) is 9.97 Å². The summed E-state index contributed by atoms with van der Waals surface area (Å²) in [6.45, 7) is 0. The SMILES string of the molecule is FC(F)(F)CCc1ccc(C2=NC(c3ccncc3Cl)ON2)cn1. The number of aryl methyl sites for hydroxylation is 1. The minimum atomic E-state index is -4.19. The maximum atomic E-state index is 12.2. The quantitative estimate of drug-likeness (QED) is 0.909. The van der Waals surface area contributed by atoms with Gasteiger partial charge in [-0.05, 0) is 24.6 Å². The molecule has 1 aliphatic rings. The number of alkyl halides is 3. The highest BCUT2D eigenvalue weighted by molar-refractivity contribution is 6.31. The van der Waals surface area contributed by atoms with Crippen LogP contribution in [0.25, 0.3) is 0 Å². The van der Waals surface area contributed by atoms with Gasteiger partial charge in [0, 0.05) is 41.8 Å². The molecule has 0 amide bonds. The molecule has 0 bridgehead atoms. The van der Waals surface area contributed by atoms with Gasteiger partial charge in [0.25, 0.3) is 0 Å². The molecular weight excluding hydrogens is 345 g/mol. The van der Waals surface area contributed by atoms with Gasteiger partial charge >= 0.3 is 6.18 Å². The molecule has 0 saturated carbocycles. The van der Waals surface area contributed by atoms with Crippen LogP contribution < -0.4 is 5.48 Å². The molecule has 9 heteroatoms. The smallest absolute Gasteiger partial charge is 0.263 e. The first-order chi connectivity index (χ1) is 11.4. The first-order valence-electron chi connectivity index (χ1n) is 7.03. The molecule has 3 rings (SSSR count). The number of nitrogens with zero attached hydrogens (tertiary/aromatic N) is 3. The zero-order valence-corrected chi connectivity index (χ0v) is 13.0. The van der Waals surface area contributed by atoms with Gasteiger partial charge in [0.2, 0.25) is 6.23 Å². The van der Waals surface area contributed by atoms with Crippen LogP contribution in [0, 0.1) is 0 Å². The lowest BCUT2D eigenvalue weighted by atomic mass is 10.2. The van der Waals surface area contributed by atoms with Gasteiger partial charge in [0.15, 0.2) is 5.84 Å². The van der Waals surface area contributed by atoms with E-state index in [0.29, 0.717) is 27.7 Å². The minimum Gasteiger partial charge on any atom is -0.263 e. The topological polar surface area (TPSA) is 59.4 Å². The summed E-state index contributed by atoms with van der Waals surface area (Å²) in [5.74, 6) is 0.433. The molecule has 0 aliphatic carbocycles. The molecule has 0 saturated heterocycles. The van der Waals surface area contributed by atoms with E-state index < -0.39 is 18.8 Å². The summed E-state index contributed by atoms with van der Waals surface area (Å²) in [5, 5.41) is 0.426. The van der Waals surface area contributed by atoms with Gasteiger partial charge in [-0.15, -0.1) is 0 Å². The predicted molar refractivity (Wildman–Crippen MR) is 81.4 cm³/mol. The third kappa shape index (κ3) is 4.01. The van der Waals surface area contributed by atoms with E-state index >= 15 is 0 Å². The van der Waals surface area contributed by atoms with Crippen LogP contribution in [0.1, 0.15) is 29.5 Å². The molecule has 3 heterocycles. The Morgan fingerprint density at radius 2 is 2.04 bits per heavy atom. The van der Waals surface area contributed by atoms with Crippen molar-refractivity contribution in [3.63, 3.8) is 0 Å². The van der Waals surface area contributed by atoms with Gasteiger partial charge in [0.1, 0.15) is 0 Å². The van der Waals surface area contributed by atoms with Crippen molar-refractivity contribution in [2.24, 2.45) is 4.99 Å². The standard InChI is InChI=1S/C15H12ClF3N4O/c16-12-8-20-6-4-11(12)14-22-13(23-24-14)9-1-2-10(21-7-9)3-5-15(17,18)19/h1-2,4,6-8,14H,3,5H2,(H,22,23). The summed E-state index contributed by atoms with van der Waals surface area (Å²) in [7, 11) is 0. The number of pyridine rings is 2. The molecule has 0 spiro atoms. The van der Waals surface area contributed by atoms with Gasteiger partial charge < -0.3 is 0 Å². The van der Waals surface area contributed by atoms with Crippen LogP contribution in [0.4, 0.5) is 13.2 Å². The molecule has 0 fully saturated rings. The molecule has 1 N–H and O–H groups in total. The Morgan fingerprint density at radius 3 is 2.71 bits per heavy atom. The number of hydrogen-bond acceptors (Lipinski definition) is 5. The van der Waals surface area contributed by atoms with E-state index in [4.69, 9.17) is 16.4 Å². The lowest BCUT2D eigenvalue weighted by molar-refractivity contribution is -0.134. The van der Waals surface area contributed by atoms with Crippen LogP contribution in [-0.2, 0) is 11.3 Å². The third-order valence-electron chi connectivity index (χ3n) is 3.35. The van der Waals surface area contributed by atoms with Gasteiger partial charge in [-0.25, -0.2) is 15.3 Å². The molecule has 2 aromatic heterocycles. The van der Waals surface area contributed by atoms with E-state index in [1.54, 1.807) is 18.3 Å². The van der Waals surface area contributed by atoms with Gasteiger partial charge in [-0.2, -0.15) is 13.2 Å². The summed E-state index contributed by atoms with van der Waals surface area (Å²) in [6.07, 6.45) is -1.35. The van der Waals surface area contributed by atoms with Gasteiger partial charge in [0.05, 0.1) is 5.02 Å². The summed E-state index contributed by atoms with van der Waals surface area (Å²) in [4.78, 5) is 17.6. The molecule has 24 heavy (non-hydrogen) atoms. The molecule has 5 nitrogen and oxygen atoms in total. The largest absolute Gasteiger partial charge is 0.389 e. The van der Waals surface area contributed by atoms with E-state index in [1.165, 1.54) is 18.5 Å². The minimum absolute atomic E-state index is 0.157. The first-order valence-corrected chi connectivity index (χ1v) is 7.41. The molecule has 2 aromatic rings. The number of nitrogens with one attached hydrogen (secondary N) is 1. The van der Waals surface area contributed by atoms with Gasteiger partial charge in [-0.1, -0.05) is 11.6 Å². The molecular formula is C15H12ClF3N4O. The highest BCUT2D eigenvalue weighted by Gasteiger charge is 2.27. The maximum absolute atomic E-state index is 12.2. The van der Waals surface area contributed by atoms with E-state index in [0.717, 1.165) is 0 Å². The average molecular weight is 357 g/mol. The fourth-order valence-corrected chi connectivity index (χ4v) is 2.33. The summed E-state index contributed by atoms with van der Waals surface area (Å²) in [5.41, 5.74) is 4.31. The van der Waals surface area contributed by atoms with E-state index in [1.807, 2.05) is 0 Å². The zero-order valence-electron chi connectivity index (χ0n) is 12.2. The number of halogens is 4. The monoisotopic (exact) mass is 356 g/mol. The fourth-order valence-electron chi connectivity index (χ4n) is 2.12. The lowest BCUT2D eigenvalue weighted by Gasteiger charge is -2.07. The van der Waals surface area contributed by atoms with E-state index in [-0.39, 0.29) is 6.42 Å². The number of aromatic nitrogens is 2. The zero-order chi connectivity index (χ0) is 17.2. The Labute approximate surface area is 140 Å². The van der Waals surface area contributed by atoms with Crippen molar-refractivity contribution in [3.8, 4) is 0 Å². The van der Waals surface area contributed by atoms with E-state index in [9.17, 15) is 13.2 Å². The number of hydroxylamine groups is 1. The maximum Gasteiger partial charge on any atom is 0.389 e. The lowest BCUT2D eigenvalue weighted by Crippen LogP contribution is -2.18. The van der Waals surface area contributed by atoms with Crippen molar-refractivity contribution >= 4 is 17.4 Å². The highest BCUT2D eigenvalue weighted by atomic mass is 35.5.